The molecule has 1 aliphatic carbocycles. The quantitative estimate of drug-likeness (QED) is 0.137. The van der Waals surface area contributed by atoms with Crippen molar-refractivity contribution >= 4 is 70.1 Å². The molecule has 0 bridgehead atoms. The normalized spacial score (nSPS) is 12.6. The first kappa shape index (κ1) is 41.2. The van der Waals surface area contributed by atoms with Gasteiger partial charge in [0, 0.05) is 37.1 Å². The summed E-state index contributed by atoms with van der Waals surface area (Å²) in [7, 11) is 0. The van der Waals surface area contributed by atoms with Crippen molar-refractivity contribution in [2.24, 2.45) is 0 Å². The third-order valence-corrected chi connectivity index (χ3v) is 16.1. The van der Waals surface area contributed by atoms with Gasteiger partial charge in [-0.2, -0.15) is 0 Å². The topological polar surface area (TPSA) is 3.24 Å². The summed E-state index contributed by atoms with van der Waals surface area (Å²) in [5, 5.41) is 7.60. The fraction of sp³-hybridized carbons (Fsp3) is 0.0145. The molecule has 12 aromatic carbocycles. The number of benzene rings is 12. The second kappa shape index (κ2) is 16.7. The van der Waals surface area contributed by atoms with Crippen LogP contribution in [-0.4, -0.2) is 0 Å². The van der Waals surface area contributed by atoms with Crippen LogP contribution in [0, 0.1) is 0 Å². The first-order chi connectivity index (χ1) is 35.2. The zero-order valence-corrected chi connectivity index (χ0v) is 39.7. The fourth-order valence-electron chi connectivity index (χ4n) is 11.7. The SMILES string of the molecule is c1ccc(-c2ccc(-c3cc4ccccc4c4ccccc34)cc2N(c2ccc(-c3ccc4sc5ccccc5c4c3)cc2)c2ccc3c(c2)C(c2ccccc2)(c2ccccc2)c2ccccc2-3)cc1. The van der Waals surface area contributed by atoms with Crippen LogP contribution in [-0.2, 0) is 5.41 Å². The highest BCUT2D eigenvalue weighted by Gasteiger charge is 2.46. The molecule has 0 spiro atoms. The molecule has 332 valence electrons. The second-order valence-corrected chi connectivity index (χ2v) is 19.8. The van der Waals surface area contributed by atoms with E-state index in [2.05, 4.69) is 278 Å². The molecule has 0 saturated carbocycles. The first-order valence-corrected chi connectivity index (χ1v) is 25.3. The highest BCUT2D eigenvalue weighted by molar-refractivity contribution is 7.25. The van der Waals surface area contributed by atoms with Gasteiger partial charge in [-0.15, -0.1) is 11.3 Å². The van der Waals surface area contributed by atoms with E-state index in [0.29, 0.717) is 0 Å². The maximum atomic E-state index is 2.51. The molecular weight excluding hydrogens is 875 g/mol. The van der Waals surface area contributed by atoms with E-state index < -0.39 is 5.41 Å². The lowest BCUT2D eigenvalue weighted by atomic mass is 9.67. The Morgan fingerprint density at radius 1 is 0.282 bits per heavy atom. The average molecular weight is 920 g/mol. The Hall–Kier alpha value is -8.82. The van der Waals surface area contributed by atoms with E-state index in [0.717, 1.165) is 33.8 Å². The summed E-state index contributed by atoms with van der Waals surface area (Å²) in [4.78, 5) is 2.51. The van der Waals surface area contributed by atoms with Gasteiger partial charge in [-0.3, -0.25) is 0 Å². The largest absolute Gasteiger partial charge is 0.310 e. The van der Waals surface area contributed by atoms with Gasteiger partial charge in [-0.1, -0.05) is 218 Å². The molecule has 0 aliphatic heterocycles. The third kappa shape index (κ3) is 6.60. The van der Waals surface area contributed by atoms with Gasteiger partial charge in [-0.25, -0.2) is 0 Å². The van der Waals surface area contributed by atoms with Gasteiger partial charge in [0.15, 0.2) is 0 Å². The number of rotatable bonds is 8. The van der Waals surface area contributed by atoms with Gasteiger partial charge < -0.3 is 4.90 Å². The lowest BCUT2D eigenvalue weighted by Gasteiger charge is -2.35. The minimum absolute atomic E-state index is 0.557. The molecule has 0 fully saturated rings. The Balaban J connectivity index is 1.03. The minimum atomic E-state index is -0.557. The van der Waals surface area contributed by atoms with Crippen molar-refractivity contribution < 1.29 is 0 Å². The molecule has 13 aromatic rings. The molecular formula is C69H45NS. The number of hydrogen-bond donors (Lipinski definition) is 0. The minimum Gasteiger partial charge on any atom is -0.310 e. The van der Waals surface area contributed by atoms with E-state index in [-0.39, 0.29) is 0 Å². The van der Waals surface area contributed by atoms with Gasteiger partial charge in [-0.05, 0) is 137 Å². The highest BCUT2D eigenvalue weighted by Crippen LogP contribution is 2.58. The first-order valence-electron chi connectivity index (χ1n) is 24.5. The summed E-state index contributed by atoms with van der Waals surface area (Å²) in [6.07, 6.45) is 0. The molecule has 0 unspecified atom stereocenters. The second-order valence-electron chi connectivity index (χ2n) is 18.7. The lowest BCUT2D eigenvalue weighted by molar-refractivity contribution is 0.768. The number of hydrogen-bond acceptors (Lipinski definition) is 2. The maximum absolute atomic E-state index is 2.51. The molecule has 2 heteroatoms. The van der Waals surface area contributed by atoms with Gasteiger partial charge in [0.05, 0.1) is 11.1 Å². The Bertz CT molecular complexity index is 4110. The Morgan fingerprint density at radius 3 is 1.62 bits per heavy atom. The molecule has 0 radical (unpaired) electrons. The lowest BCUT2D eigenvalue weighted by Crippen LogP contribution is -2.28. The zero-order chi connectivity index (χ0) is 46.9. The van der Waals surface area contributed by atoms with E-state index in [1.54, 1.807) is 0 Å². The molecule has 1 aliphatic rings. The molecule has 14 rings (SSSR count). The smallest absolute Gasteiger partial charge is 0.0714 e. The van der Waals surface area contributed by atoms with Crippen molar-refractivity contribution in [2.45, 2.75) is 5.41 Å². The van der Waals surface area contributed by atoms with Crippen LogP contribution in [0.4, 0.5) is 17.1 Å². The summed E-state index contributed by atoms with van der Waals surface area (Å²) in [5.41, 5.74) is 17.4. The van der Waals surface area contributed by atoms with Gasteiger partial charge in [0.2, 0.25) is 0 Å². The van der Waals surface area contributed by atoms with E-state index in [4.69, 9.17) is 0 Å². The number of nitrogens with zero attached hydrogens (tertiary/aromatic N) is 1. The summed E-state index contributed by atoms with van der Waals surface area (Å²) in [6.45, 7) is 0. The standard InChI is InChI=1S/C69H45NS/c1-4-18-47(19-5-1)56-39-34-50(62-43-49-20-10-11-25-55(49)57-26-12-13-27-58(57)62)44-66(56)70(53-36-32-46(33-37-53)48-35-41-68-63(42-48)61-29-15-17-31-67(61)71-68)54-38-40-60-59-28-14-16-30-64(59)69(65(60)45-54,51-21-6-2-7-22-51)52-23-8-3-9-24-52/h1-45H. The van der Waals surface area contributed by atoms with Crippen molar-refractivity contribution in [1.82, 2.24) is 0 Å². The molecule has 1 nitrogen and oxygen atoms in total. The van der Waals surface area contributed by atoms with Crippen molar-refractivity contribution in [3.05, 3.63) is 295 Å². The molecule has 1 aromatic heterocycles. The van der Waals surface area contributed by atoms with E-state index in [1.165, 1.54) is 91.8 Å². The van der Waals surface area contributed by atoms with Crippen LogP contribution in [0.1, 0.15) is 22.3 Å². The van der Waals surface area contributed by atoms with Gasteiger partial charge >= 0.3 is 0 Å². The summed E-state index contributed by atoms with van der Waals surface area (Å²) in [6, 6.07) is 101. The Morgan fingerprint density at radius 2 is 0.845 bits per heavy atom. The number of anilines is 3. The zero-order valence-electron chi connectivity index (χ0n) is 38.8. The van der Waals surface area contributed by atoms with Crippen LogP contribution in [0.3, 0.4) is 0 Å². The van der Waals surface area contributed by atoms with Crippen LogP contribution in [0.15, 0.2) is 273 Å². The summed E-state index contributed by atoms with van der Waals surface area (Å²) < 4.78 is 2.63. The van der Waals surface area contributed by atoms with Crippen molar-refractivity contribution in [3.63, 3.8) is 0 Å². The van der Waals surface area contributed by atoms with Crippen LogP contribution >= 0.6 is 11.3 Å². The molecule has 0 atom stereocenters. The van der Waals surface area contributed by atoms with Crippen molar-refractivity contribution in [3.8, 4) is 44.5 Å². The van der Waals surface area contributed by atoms with Crippen LogP contribution in [0.2, 0.25) is 0 Å². The van der Waals surface area contributed by atoms with Gasteiger partial charge in [0.1, 0.15) is 0 Å². The molecule has 0 saturated heterocycles. The van der Waals surface area contributed by atoms with Crippen LogP contribution < -0.4 is 4.90 Å². The number of fused-ring (bicyclic) bond motifs is 9. The van der Waals surface area contributed by atoms with Crippen molar-refractivity contribution in [2.75, 3.05) is 4.90 Å². The van der Waals surface area contributed by atoms with Crippen molar-refractivity contribution in [1.29, 1.82) is 0 Å². The van der Waals surface area contributed by atoms with E-state index >= 15 is 0 Å². The summed E-state index contributed by atoms with van der Waals surface area (Å²) in [5.74, 6) is 0. The predicted molar refractivity (Wildman–Crippen MR) is 303 cm³/mol. The fourth-order valence-corrected chi connectivity index (χ4v) is 12.8. The molecule has 0 N–H and O–H groups in total. The number of thiophene rings is 1. The Labute approximate surface area is 417 Å². The van der Waals surface area contributed by atoms with Crippen LogP contribution in [0.25, 0.3) is 86.2 Å². The molecule has 71 heavy (non-hydrogen) atoms. The predicted octanol–water partition coefficient (Wildman–Crippen LogP) is 19.2. The molecule has 1 heterocycles. The Kier molecular flexibility index (Phi) is 9.69. The van der Waals surface area contributed by atoms with E-state index in [1.807, 2.05) is 11.3 Å². The van der Waals surface area contributed by atoms with E-state index in [9.17, 15) is 0 Å². The van der Waals surface area contributed by atoms with Crippen LogP contribution in [0.5, 0.6) is 0 Å². The molecule has 0 amide bonds. The third-order valence-electron chi connectivity index (χ3n) is 14.9. The average Bonchev–Trinajstić information content (AvgIpc) is 3.97. The monoisotopic (exact) mass is 919 g/mol. The highest BCUT2D eigenvalue weighted by atomic mass is 32.1. The van der Waals surface area contributed by atoms with Gasteiger partial charge in [0.25, 0.3) is 0 Å². The summed E-state index contributed by atoms with van der Waals surface area (Å²) >= 11 is 1.86. The maximum Gasteiger partial charge on any atom is 0.0714 e.